The number of rotatable bonds is 3. The van der Waals surface area contributed by atoms with Crippen LogP contribution in [0.15, 0.2) is 48.8 Å². The molecule has 4 rings (SSSR count). The van der Waals surface area contributed by atoms with Gasteiger partial charge in [0.25, 0.3) is 5.91 Å². The highest BCUT2D eigenvalue weighted by molar-refractivity contribution is 5.94. The van der Waals surface area contributed by atoms with Crippen molar-refractivity contribution in [1.29, 1.82) is 0 Å². The molecule has 5 nitrogen and oxygen atoms in total. The number of imidazole rings is 1. The number of halogens is 2. The molecular formula is C20H17F2N3O2. The molecule has 3 aromatic rings. The van der Waals surface area contributed by atoms with Crippen molar-refractivity contribution in [2.24, 2.45) is 0 Å². The number of aromatic amines is 1. The van der Waals surface area contributed by atoms with Gasteiger partial charge in [-0.2, -0.15) is 0 Å². The minimum absolute atomic E-state index is 0.149. The number of methoxy groups -OCH3 is 1. The Kier molecular flexibility index (Phi) is 4.35. The molecule has 27 heavy (non-hydrogen) atoms. The van der Waals surface area contributed by atoms with Crippen LogP contribution in [0.3, 0.4) is 0 Å². The molecule has 0 radical (unpaired) electrons. The van der Waals surface area contributed by atoms with Gasteiger partial charge in [-0.3, -0.25) is 4.79 Å². The van der Waals surface area contributed by atoms with E-state index in [9.17, 15) is 13.6 Å². The highest BCUT2D eigenvalue weighted by Gasteiger charge is 2.32. The van der Waals surface area contributed by atoms with Crippen molar-refractivity contribution >= 4 is 5.91 Å². The van der Waals surface area contributed by atoms with E-state index in [0.29, 0.717) is 12.3 Å². The largest absolute Gasteiger partial charge is 0.497 e. The SMILES string of the molecule is COc1cccc(C2CN(C(=O)c3ccc(F)cc3F)Cc3[nH]cnc32)c1. The maximum atomic E-state index is 14.1. The summed E-state index contributed by atoms with van der Waals surface area (Å²) in [6.07, 6.45) is 1.59. The number of ether oxygens (including phenoxy) is 1. The molecule has 1 aliphatic heterocycles. The normalized spacial score (nSPS) is 16.1. The molecular weight excluding hydrogens is 352 g/mol. The minimum atomic E-state index is -0.867. The standard InChI is InChI=1S/C20H17F2N3O2/c1-27-14-4-2-3-12(7-14)16-9-25(10-18-19(16)24-11-23-18)20(26)15-6-5-13(21)8-17(15)22/h2-8,11,16H,9-10H2,1H3,(H,23,24). The van der Waals surface area contributed by atoms with Crippen LogP contribution in [0.1, 0.15) is 33.2 Å². The van der Waals surface area contributed by atoms with E-state index in [-0.39, 0.29) is 18.0 Å². The molecule has 1 aliphatic rings. The average Bonchev–Trinajstić information content (AvgIpc) is 3.15. The third-order valence-corrected chi connectivity index (χ3v) is 4.78. The minimum Gasteiger partial charge on any atom is -0.497 e. The molecule has 0 fully saturated rings. The van der Waals surface area contributed by atoms with Gasteiger partial charge in [-0.15, -0.1) is 0 Å². The van der Waals surface area contributed by atoms with Gasteiger partial charge in [0.15, 0.2) is 0 Å². The monoisotopic (exact) mass is 369 g/mol. The third kappa shape index (κ3) is 3.16. The number of nitrogens with one attached hydrogen (secondary N) is 1. The predicted octanol–water partition coefficient (Wildman–Crippen LogP) is 3.48. The highest BCUT2D eigenvalue weighted by atomic mass is 19.1. The molecule has 0 saturated heterocycles. The summed E-state index contributed by atoms with van der Waals surface area (Å²) in [6.45, 7) is 0.617. The van der Waals surface area contributed by atoms with Crippen LogP contribution < -0.4 is 4.74 Å². The Bertz CT molecular complexity index is 1000. The van der Waals surface area contributed by atoms with Crippen molar-refractivity contribution in [2.45, 2.75) is 12.5 Å². The topological polar surface area (TPSA) is 58.2 Å². The van der Waals surface area contributed by atoms with Crippen LogP contribution in [0.25, 0.3) is 0 Å². The lowest BCUT2D eigenvalue weighted by atomic mass is 9.90. The fraction of sp³-hybridized carbons (Fsp3) is 0.200. The quantitative estimate of drug-likeness (QED) is 0.769. The van der Waals surface area contributed by atoms with Gasteiger partial charge in [-0.05, 0) is 29.8 Å². The van der Waals surface area contributed by atoms with Crippen molar-refractivity contribution in [3.63, 3.8) is 0 Å². The van der Waals surface area contributed by atoms with Gasteiger partial charge >= 0.3 is 0 Å². The molecule has 1 atom stereocenters. The van der Waals surface area contributed by atoms with Crippen LogP contribution in [-0.4, -0.2) is 34.4 Å². The molecule has 0 aliphatic carbocycles. The number of amides is 1. The Hall–Kier alpha value is -3.22. The van der Waals surface area contributed by atoms with Crippen LogP contribution in [0.2, 0.25) is 0 Å². The number of nitrogens with zero attached hydrogens (tertiary/aromatic N) is 2. The second-order valence-electron chi connectivity index (χ2n) is 6.41. The maximum absolute atomic E-state index is 14.1. The summed E-state index contributed by atoms with van der Waals surface area (Å²) in [5, 5.41) is 0. The van der Waals surface area contributed by atoms with E-state index < -0.39 is 17.5 Å². The smallest absolute Gasteiger partial charge is 0.257 e. The van der Waals surface area contributed by atoms with Gasteiger partial charge in [0.05, 0.1) is 36.9 Å². The van der Waals surface area contributed by atoms with E-state index in [0.717, 1.165) is 29.1 Å². The first-order valence-electron chi connectivity index (χ1n) is 8.47. The Morgan fingerprint density at radius 1 is 1.26 bits per heavy atom. The fourth-order valence-corrected chi connectivity index (χ4v) is 3.43. The van der Waals surface area contributed by atoms with Gasteiger partial charge in [-0.25, -0.2) is 13.8 Å². The predicted molar refractivity (Wildman–Crippen MR) is 94.5 cm³/mol. The Morgan fingerprint density at radius 2 is 2.11 bits per heavy atom. The first-order valence-corrected chi connectivity index (χ1v) is 8.47. The summed E-state index contributed by atoms with van der Waals surface area (Å²) in [6, 6.07) is 10.5. The third-order valence-electron chi connectivity index (χ3n) is 4.78. The van der Waals surface area contributed by atoms with Crippen molar-refractivity contribution in [3.05, 3.63) is 82.9 Å². The lowest BCUT2D eigenvalue weighted by molar-refractivity contribution is 0.0717. The number of aromatic nitrogens is 2. The van der Waals surface area contributed by atoms with E-state index in [4.69, 9.17) is 4.74 Å². The molecule has 1 amide bonds. The molecule has 2 aromatic carbocycles. The molecule has 0 spiro atoms. The number of carbonyl (C=O) groups excluding carboxylic acids is 1. The second kappa shape index (κ2) is 6.83. The van der Waals surface area contributed by atoms with Gasteiger partial charge < -0.3 is 14.6 Å². The number of H-pyrrole nitrogens is 1. The first-order chi connectivity index (χ1) is 13.1. The lowest BCUT2D eigenvalue weighted by Crippen LogP contribution is -2.39. The van der Waals surface area contributed by atoms with Crippen LogP contribution in [0.4, 0.5) is 8.78 Å². The van der Waals surface area contributed by atoms with Crippen LogP contribution in [0.5, 0.6) is 5.75 Å². The lowest BCUT2D eigenvalue weighted by Gasteiger charge is -2.32. The van der Waals surface area contributed by atoms with Crippen molar-refractivity contribution in [2.75, 3.05) is 13.7 Å². The van der Waals surface area contributed by atoms with Crippen molar-refractivity contribution in [1.82, 2.24) is 14.9 Å². The first kappa shape index (κ1) is 17.2. The van der Waals surface area contributed by atoms with E-state index in [2.05, 4.69) is 9.97 Å². The summed E-state index contributed by atoms with van der Waals surface area (Å²) in [5.41, 5.74) is 2.44. The molecule has 1 unspecified atom stereocenters. The van der Waals surface area contributed by atoms with E-state index in [1.807, 2.05) is 24.3 Å². The number of fused-ring (bicyclic) bond motifs is 1. The highest BCUT2D eigenvalue weighted by Crippen LogP contribution is 2.33. The molecule has 138 valence electrons. The van der Waals surface area contributed by atoms with Gasteiger partial charge in [0.1, 0.15) is 17.4 Å². The van der Waals surface area contributed by atoms with Gasteiger partial charge in [-0.1, -0.05) is 12.1 Å². The molecule has 2 heterocycles. The van der Waals surface area contributed by atoms with Crippen molar-refractivity contribution in [3.8, 4) is 5.75 Å². The summed E-state index contributed by atoms with van der Waals surface area (Å²) < 4.78 is 32.6. The molecule has 1 N–H and O–H groups in total. The zero-order valence-corrected chi connectivity index (χ0v) is 14.6. The molecule has 0 saturated carbocycles. The van der Waals surface area contributed by atoms with Gasteiger partial charge in [0.2, 0.25) is 0 Å². The Labute approximate surface area is 154 Å². The number of benzene rings is 2. The maximum Gasteiger partial charge on any atom is 0.257 e. The van der Waals surface area contributed by atoms with E-state index >= 15 is 0 Å². The van der Waals surface area contributed by atoms with Crippen LogP contribution in [-0.2, 0) is 6.54 Å². The Balaban J connectivity index is 1.69. The average molecular weight is 369 g/mol. The van der Waals surface area contributed by atoms with Gasteiger partial charge in [0, 0.05) is 18.5 Å². The Morgan fingerprint density at radius 3 is 2.89 bits per heavy atom. The van der Waals surface area contributed by atoms with E-state index in [1.165, 1.54) is 6.07 Å². The molecule has 1 aromatic heterocycles. The molecule has 0 bridgehead atoms. The summed E-state index contributed by atoms with van der Waals surface area (Å²) in [4.78, 5) is 21.9. The number of carbonyl (C=O) groups is 1. The van der Waals surface area contributed by atoms with Crippen LogP contribution in [0, 0.1) is 11.6 Å². The summed E-state index contributed by atoms with van der Waals surface area (Å²) in [7, 11) is 1.59. The zero-order valence-electron chi connectivity index (χ0n) is 14.6. The number of hydrogen-bond acceptors (Lipinski definition) is 3. The van der Waals surface area contributed by atoms with Crippen molar-refractivity contribution < 1.29 is 18.3 Å². The molecule has 7 heteroatoms. The van der Waals surface area contributed by atoms with Crippen LogP contribution >= 0.6 is 0 Å². The fourth-order valence-electron chi connectivity index (χ4n) is 3.43. The number of hydrogen-bond donors (Lipinski definition) is 1. The summed E-state index contributed by atoms with van der Waals surface area (Å²) in [5.74, 6) is -1.54. The summed E-state index contributed by atoms with van der Waals surface area (Å²) >= 11 is 0. The second-order valence-corrected chi connectivity index (χ2v) is 6.41. The van der Waals surface area contributed by atoms with E-state index in [1.54, 1.807) is 18.3 Å². The zero-order chi connectivity index (χ0) is 19.0.